The summed E-state index contributed by atoms with van der Waals surface area (Å²) in [5.74, 6) is 0. The van der Waals surface area contributed by atoms with Gasteiger partial charge in [0, 0.05) is 0 Å². The zero-order valence-corrected chi connectivity index (χ0v) is 19.5. The van der Waals surface area contributed by atoms with Gasteiger partial charge in [0.05, 0.1) is 0 Å². The molecule has 0 fully saturated rings. The number of hydrogen-bond donors (Lipinski definition) is 1. The topological polar surface area (TPSA) is 26.0 Å². The predicted octanol–water partition coefficient (Wildman–Crippen LogP) is 8.99. The summed E-state index contributed by atoms with van der Waals surface area (Å²) in [6.07, 6.45) is 29.8. The Kier molecular flexibility index (Phi) is 19.8. The molecule has 0 unspecified atom stereocenters. The van der Waals surface area contributed by atoms with Crippen LogP contribution in [0.15, 0.2) is 30.3 Å². The van der Waals surface area contributed by atoms with Gasteiger partial charge in [-0.1, -0.05) is 146 Å². The Bertz CT molecular complexity index is 414. The van der Waals surface area contributed by atoms with Crippen LogP contribution < -0.4 is 5.73 Å². The van der Waals surface area contributed by atoms with Gasteiger partial charge < -0.3 is 5.73 Å². The van der Waals surface area contributed by atoms with Gasteiger partial charge in [0.2, 0.25) is 0 Å². The third-order valence-electron chi connectivity index (χ3n) is 6.26. The van der Waals surface area contributed by atoms with Crippen LogP contribution in [0.25, 0.3) is 0 Å². The second-order valence-electron chi connectivity index (χ2n) is 9.10. The smallest absolute Gasteiger partial charge is 0.00773 e. The highest BCUT2D eigenvalue weighted by atomic mass is 14.5. The fourth-order valence-corrected chi connectivity index (χ4v) is 4.30. The first-order chi connectivity index (χ1) is 14.4. The SMILES string of the molecule is NCCCCCCCCCCCCCCCCCCCCCCc1ccccc1. The molecule has 0 aliphatic carbocycles. The van der Waals surface area contributed by atoms with Crippen LogP contribution in [-0.4, -0.2) is 6.54 Å². The van der Waals surface area contributed by atoms with Crippen LogP contribution in [0.5, 0.6) is 0 Å². The average molecular weight is 402 g/mol. The maximum Gasteiger partial charge on any atom is -0.00773 e. The highest BCUT2D eigenvalue weighted by molar-refractivity contribution is 5.14. The molecular weight excluding hydrogens is 350 g/mol. The highest BCUT2D eigenvalue weighted by Gasteiger charge is 1.96. The minimum absolute atomic E-state index is 0.871. The summed E-state index contributed by atoms with van der Waals surface area (Å²) in [6, 6.07) is 10.9. The third kappa shape index (κ3) is 18.9. The van der Waals surface area contributed by atoms with E-state index in [2.05, 4.69) is 30.3 Å². The fraction of sp³-hybridized carbons (Fsp3) is 0.786. The van der Waals surface area contributed by atoms with Crippen LogP contribution in [0.2, 0.25) is 0 Å². The second-order valence-corrected chi connectivity index (χ2v) is 9.10. The zero-order valence-electron chi connectivity index (χ0n) is 19.5. The molecule has 1 heteroatoms. The summed E-state index contributed by atoms with van der Waals surface area (Å²) in [6.45, 7) is 0.871. The first-order valence-electron chi connectivity index (χ1n) is 13.2. The molecule has 0 aliphatic rings. The number of nitrogens with two attached hydrogens (primary N) is 1. The Labute approximate surface area is 183 Å². The molecule has 0 radical (unpaired) electrons. The third-order valence-corrected chi connectivity index (χ3v) is 6.26. The van der Waals surface area contributed by atoms with E-state index in [0.717, 1.165) is 6.54 Å². The van der Waals surface area contributed by atoms with Gasteiger partial charge in [0.1, 0.15) is 0 Å². The normalized spacial score (nSPS) is 11.2. The Morgan fingerprint density at radius 2 is 0.690 bits per heavy atom. The van der Waals surface area contributed by atoms with E-state index in [-0.39, 0.29) is 0 Å². The van der Waals surface area contributed by atoms with Crippen molar-refractivity contribution in [2.75, 3.05) is 6.54 Å². The molecule has 29 heavy (non-hydrogen) atoms. The quantitative estimate of drug-likeness (QED) is 0.193. The molecular formula is C28H51N. The van der Waals surface area contributed by atoms with Crippen molar-refractivity contribution in [2.24, 2.45) is 5.73 Å². The van der Waals surface area contributed by atoms with Gasteiger partial charge in [-0.05, 0) is 31.4 Å². The Hall–Kier alpha value is -0.820. The summed E-state index contributed by atoms with van der Waals surface area (Å²) in [5.41, 5.74) is 7.03. The molecule has 0 bridgehead atoms. The molecule has 2 N–H and O–H groups in total. The van der Waals surface area contributed by atoms with E-state index in [0.29, 0.717) is 0 Å². The Morgan fingerprint density at radius 1 is 0.379 bits per heavy atom. The average Bonchev–Trinajstić information content (AvgIpc) is 2.75. The van der Waals surface area contributed by atoms with Crippen molar-refractivity contribution < 1.29 is 0 Å². The minimum atomic E-state index is 0.871. The van der Waals surface area contributed by atoms with E-state index in [1.165, 1.54) is 140 Å². The second kappa shape index (κ2) is 21.9. The number of unbranched alkanes of at least 4 members (excludes halogenated alkanes) is 19. The van der Waals surface area contributed by atoms with Gasteiger partial charge in [-0.3, -0.25) is 0 Å². The van der Waals surface area contributed by atoms with Crippen molar-refractivity contribution in [3.63, 3.8) is 0 Å². The lowest BCUT2D eigenvalue weighted by Crippen LogP contribution is -1.97. The molecule has 0 heterocycles. The van der Waals surface area contributed by atoms with Crippen molar-refractivity contribution in [1.29, 1.82) is 0 Å². The Balaban J connectivity index is 1.66. The van der Waals surface area contributed by atoms with Crippen LogP contribution in [0.1, 0.15) is 134 Å². The summed E-state index contributed by atoms with van der Waals surface area (Å²) in [5, 5.41) is 0. The zero-order chi connectivity index (χ0) is 20.7. The number of aryl methyl sites for hydroxylation is 1. The lowest BCUT2D eigenvalue weighted by molar-refractivity contribution is 0.521. The van der Waals surface area contributed by atoms with Crippen molar-refractivity contribution in [1.82, 2.24) is 0 Å². The predicted molar refractivity (Wildman–Crippen MR) is 132 cm³/mol. The molecule has 0 spiro atoms. The van der Waals surface area contributed by atoms with Crippen LogP contribution in [0.3, 0.4) is 0 Å². The molecule has 1 aromatic carbocycles. The van der Waals surface area contributed by atoms with E-state index in [9.17, 15) is 0 Å². The van der Waals surface area contributed by atoms with Gasteiger partial charge in [-0.25, -0.2) is 0 Å². The Morgan fingerprint density at radius 3 is 1.03 bits per heavy atom. The molecule has 0 aromatic heterocycles. The molecule has 1 rings (SSSR count). The fourth-order valence-electron chi connectivity index (χ4n) is 4.30. The molecule has 0 aliphatic heterocycles. The molecule has 0 amide bonds. The first kappa shape index (κ1) is 26.2. The van der Waals surface area contributed by atoms with Crippen molar-refractivity contribution in [3.8, 4) is 0 Å². The van der Waals surface area contributed by atoms with E-state index >= 15 is 0 Å². The lowest BCUT2D eigenvalue weighted by atomic mass is 10.0. The largest absolute Gasteiger partial charge is 0.330 e. The van der Waals surface area contributed by atoms with Crippen LogP contribution in [0, 0.1) is 0 Å². The van der Waals surface area contributed by atoms with Crippen LogP contribution >= 0.6 is 0 Å². The van der Waals surface area contributed by atoms with Gasteiger partial charge in [0.15, 0.2) is 0 Å². The van der Waals surface area contributed by atoms with Crippen LogP contribution in [-0.2, 0) is 6.42 Å². The highest BCUT2D eigenvalue weighted by Crippen LogP contribution is 2.15. The number of rotatable bonds is 22. The van der Waals surface area contributed by atoms with Gasteiger partial charge >= 0.3 is 0 Å². The minimum Gasteiger partial charge on any atom is -0.330 e. The van der Waals surface area contributed by atoms with E-state index in [4.69, 9.17) is 5.73 Å². The maximum absolute atomic E-state index is 5.53. The van der Waals surface area contributed by atoms with Gasteiger partial charge in [-0.2, -0.15) is 0 Å². The molecule has 1 nitrogen and oxygen atoms in total. The van der Waals surface area contributed by atoms with Crippen molar-refractivity contribution in [3.05, 3.63) is 35.9 Å². The van der Waals surface area contributed by atoms with E-state index < -0.39 is 0 Å². The lowest BCUT2D eigenvalue weighted by Gasteiger charge is -2.04. The van der Waals surface area contributed by atoms with Gasteiger partial charge in [0.25, 0.3) is 0 Å². The first-order valence-corrected chi connectivity index (χ1v) is 13.2. The van der Waals surface area contributed by atoms with Gasteiger partial charge in [-0.15, -0.1) is 0 Å². The van der Waals surface area contributed by atoms with E-state index in [1.54, 1.807) is 0 Å². The number of hydrogen-bond acceptors (Lipinski definition) is 1. The molecule has 1 aromatic rings. The summed E-state index contributed by atoms with van der Waals surface area (Å²) < 4.78 is 0. The maximum atomic E-state index is 5.53. The summed E-state index contributed by atoms with van der Waals surface area (Å²) >= 11 is 0. The van der Waals surface area contributed by atoms with Crippen molar-refractivity contribution >= 4 is 0 Å². The van der Waals surface area contributed by atoms with Crippen molar-refractivity contribution in [2.45, 2.75) is 135 Å². The molecule has 168 valence electrons. The van der Waals surface area contributed by atoms with E-state index in [1.807, 2.05) is 0 Å². The van der Waals surface area contributed by atoms with Crippen LogP contribution in [0.4, 0.5) is 0 Å². The molecule has 0 saturated heterocycles. The molecule has 0 saturated carbocycles. The standard InChI is InChI=1S/C28H51N/c29-27-23-18-16-14-12-10-8-6-4-2-1-3-5-7-9-11-13-15-17-20-24-28-25-21-19-22-26-28/h19,21-22,25-26H,1-18,20,23-24,27,29H2. The number of benzene rings is 1. The summed E-state index contributed by atoms with van der Waals surface area (Å²) in [4.78, 5) is 0. The molecule has 0 atom stereocenters. The monoisotopic (exact) mass is 401 g/mol. The summed E-state index contributed by atoms with van der Waals surface area (Å²) in [7, 11) is 0.